The van der Waals surface area contributed by atoms with E-state index in [2.05, 4.69) is 78.9 Å². The second-order valence-corrected chi connectivity index (χ2v) is 9.51. The van der Waals surface area contributed by atoms with Gasteiger partial charge < -0.3 is 4.42 Å². The molecule has 0 aliphatic rings. The van der Waals surface area contributed by atoms with Gasteiger partial charge in [0.25, 0.3) is 0 Å². The molecule has 2 radical (unpaired) electrons. The minimum absolute atomic E-state index is 0.783. The van der Waals surface area contributed by atoms with Crippen molar-refractivity contribution in [3.63, 3.8) is 0 Å². The Balaban J connectivity index is 1.45. The van der Waals surface area contributed by atoms with Crippen molar-refractivity contribution in [2.24, 2.45) is 0 Å². The highest BCUT2D eigenvalue weighted by molar-refractivity contribution is 7.25. The molecule has 0 saturated heterocycles. The van der Waals surface area contributed by atoms with E-state index in [0.29, 0.717) is 0 Å². The van der Waals surface area contributed by atoms with Crippen LogP contribution >= 0.6 is 11.3 Å². The smallest absolute Gasteiger partial charge is 0.143 e. The number of furan rings is 1. The van der Waals surface area contributed by atoms with E-state index >= 15 is 0 Å². The lowest BCUT2D eigenvalue weighted by Crippen LogP contribution is -1.98. The van der Waals surface area contributed by atoms with E-state index in [1.165, 1.54) is 36.9 Å². The summed E-state index contributed by atoms with van der Waals surface area (Å²) in [5.41, 5.74) is 7.32. The van der Waals surface area contributed by atoms with Crippen molar-refractivity contribution in [1.82, 2.24) is 0 Å². The lowest BCUT2D eigenvalue weighted by Gasteiger charge is -2.05. The van der Waals surface area contributed by atoms with E-state index in [1.807, 2.05) is 35.6 Å². The summed E-state index contributed by atoms with van der Waals surface area (Å²) in [6.07, 6.45) is 0. The molecule has 0 atom stereocenters. The van der Waals surface area contributed by atoms with Crippen molar-refractivity contribution in [3.8, 4) is 22.3 Å². The third-order valence-electron chi connectivity index (χ3n) is 6.43. The summed E-state index contributed by atoms with van der Waals surface area (Å²) >= 11 is 1.84. The quantitative estimate of drug-likeness (QED) is 0.250. The third-order valence-corrected chi connectivity index (χ3v) is 7.58. The number of benzene rings is 5. The van der Waals surface area contributed by atoms with Crippen LogP contribution in [0.2, 0.25) is 0 Å². The van der Waals surface area contributed by atoms with Gasteiger partial charge in [0.15, 0.2) is 0 Å². The summed E-state index contributed by atoms with van der Waals surface area (Å²) in [6, 6.07) is 36.2. The number of para-hydroxylation sites is 2. The zero-order chi connectivity index (χ0) is 21.9. The SMILES string of the molecule is [B]c1ccc(-c2ccc3sc4ccc(-c5cccc6c5oc5ccccc56)cc4c3c2)cc1. The molecule has 0 unspecified atom stereocenters. The van der Waals surface area contributed by atoms with Gasteiger partial charge in [0, 0.05) is 36.5 Å². The third kappa shape index (κ3) is 2.93. The first-order valence-corrected chi connectivity index (χ1v) is 11.8. The van der Waals surface area contributed by atoms with Gasteiger partial charge in [-0.25, -0.2) is 0 Å². The Bertz CT molecular complexity index is 1820. The van der Waals surface area contributed by atoms with Crippen molar-refractivity contribution in [3.05, 3.63) is 103 Å². The Labute approximate surface area is 196 Å². The van der Waals surface area contributed by atoms with E-state index in [9.17, 15) is 0 Å². The normalized spacial score (nSPS) is 11.8. The van der Waals surface area contributed by atoms with Gasteiger partial charge in [-0.05, 0) is 47.0 Å². The van der Waals surface area contributed by atoms with Crippen LogP contribution in [-0.4, -0.2) is 7.85 Å². The summed E-state index contributed by atoms with van der Waals surface area (Å²) in [5.74, 6) is 0. The number of hydrogen-bond donors (Lipinski definition) is 0. The largest absolute Gasteiger partial charge is 0.455 e. The maximum absolute atomic E-state index is 6.30. The van der Waals surface area contributed by atoms with Crippen LogP contribution in [0.25, 0.3) is 64.4 Å². The Morgan fingerprint density at radius 3 is 2.03 bits per heavy atom. The van der Waals surface area contributed by atoms with Gasteiger partial charge in [0.1, 0.15) is 19.0 Å². The lowest BCUT2D eigenvalue weighted by molar-refractivity contribution is 0.670. The van der Waals surface area contributed by atoms with Crippen LogP contribution in [0.1, 0.15) is 0 Å². The van der Waals surface area contributed by atoms with Crippen LogP contribution in [0.4, 0.5) is 0 Å². The van der Waals surface area contributed by atoms with Gasteiger partial charge in [0.2, 0.25) is 0 Å². The number of hydrogen-bond acceptors (Lipinski definition) is 2. The van der Waals surface area contributed by atoms with E-state index in [0.717, 1.165) is 33.0 Å². The van der Waals surface area contributed by atoms with Crippen molar-refractivity contribution in [1.29, 1.82) is 0 Å². The highest BCUT2D eigenvalue weighted by atomic mass is 32.1. The van der Waals surface area contributed by atoms with E-state index in [1.54, 1.807) is 0 Å². The molecule has 152 valence electrons. The van der Waals surface area contributed by atoms with Crippen LogP contribution in [0.5, 0.6) is 0 Å². The summed E-state index contributed by atoms with van der Waals surface area (Å²) in [4.78, 5) is 0. The fraction of sp³-hybridized carbons (Fsp3) is 0. The molecule has 5 aromatic carbocycles. The molecule has 0 aliphatic heterocycles. The highest BCUT2D eigenvalue weighted by Crippen LogP contribution is 2.40. The topological polar surface area (TPSA) is 13.1 Å². The fourth-order valence-corrected chi connectivity index (χ4v) is 5.84. The van der Waals surface area contributed by atoms with Gasteiger partial charge in [-0.15, -0.1) is 11.3 Å². The van der Waals surface area contributed by atoms with Gasteiger partial charge >= 0.3 is 0 Å². The monoisotopic (exact) mass is 436 g/mol. The first kappa shape index (κ1) is 18.7. The molecule has 0 saturated carbocycles. The molecule has 2 aromatic heterocycles. The summed E-state index contributed by atoms with van der Waals surface area (Å²) in [5, 5.41) is 4.87. The maximum Gasteiger partial charge on any atom is 0.143 e. The number of rotatable bonds is 2. The standard InChI is InChI=1S/C30H17BOS/c31-21-12-8-18(9-13-21)19-10-14-28-25(16-19)26-17-20(11-15-29(26)33-28)22-5-3-6-24-23-4-1-2-7-27(23)32-30(22)24/h1-17H. The molecule has 0 amide bonds. The zero-order valence-corrected chi connectivity index (χ0v) is 18.5. The molecule has 0 aliphatic carbocycles. The molecule has 0 N–H and O–H groups in total. The Hall–Kier alpha value is -3.82. The Kier molecular flexibility index (Phi) is 4.03. The van der Waals surface area contributed by atoms with Crippen LogP contribution < -0.4 is 5.46 Å². The molecule has 0 bridgehead atoms. The van der Waals surface area contributed by atoms with Crippen molar-refractivity contribution in [2.75, 3.05) is 0 Å². The molecule has 3 heteroatoms. The van der Waals surface area contributed by atoms with Gasteiger partial charge in [0.05, 0.1) is 0 Å². The zero-order valence-electron chi connectivity index (χ0n) is 17.7. The molecule has 33 heavy (non-hydrogen) atoms. The summed E-state index contributed by atoms with van der Waals surface area (Å²) < 4.78 is 8.88. The van der Waals surface area contributed by atoms with E-state index in [4.69, 9.17) is 12.3 Å². The summed E-state index contributed by atoms with van der Waals surface area (Å²) in [6.45, 7) is 0. The first-order chi connectivity index (χ1) is 16.2. The average molecular weight is 436 g/mol. The molecule has 7 rings (SSSR count). The van der Waals surface area contributed by atoms with E-state index in [-0.39, 0.29) is 0 Å². The minimum Gasteiger partial charge on any atom is -0.455 e. The predicted molar refractivity (Wildman–Crippen MR) is 143 cm³/mol. The predicted octanol–water partition coefficient (Wildman–Crippen LogP) is 8.08. The second kappa shape index (κ2) is 7.09. The van der Waals surface area contributed by atoms with Crippen LogP contribution in [-0.2, 0) is 0 Å². The Morgan fingerprint density at radius 2 is 1.21 bits per heavy atom. The molecule has 0 fully saturated rings. The van der Waals surface area contributed by atoms with Gasteiger partial charge in [-0.2, -0.15) is 0 Å². The van der Waals surface area contributed by atoms with Crippen LogP contribution in [0.15, 0.2) is 108 Å². The Morgan fingerprint density at radius 1 is 0.545 bits per heavy atom. The maximum atomic E-state index is 6.30. The second-order valence-electron chi connectivity index (χ2n) is 8.43. The molecule has 1 nitrogen and oxygen atoms in total. The fourth-order valence-electron chi connectivity index (χ4n) is 4.77. The minimum atomic E-state index is 0.783. The van der Waals surface area contributed by atoms with E-state index < -0.39 is 0 Å². The van der Waals surface area contributed by atoms with Crippen molar-refractivity contribution < 1.29 is 4.42 Å². The number of thiophene rings is 1. The van der Waals surface area contributed by atoms with Crippen LogP contribution in [0, 0.1) is 0 Å². The summed E-state index contributed by atoms with van der Waals surface area (Å²) in [7, 11) is 5.88. The van der Waals surface area contributed by atoms with Crippen LogP contribution in [0.3, 0.4) is 0 Å². The lowest BCUT2D eigenvalue weighted by atomic mass is 9.93. The number of fused-ring (bicyclic) bond motifs is 6. The first-order valence-electron chi connectivity index (χ1n) is 11.0. The molecule has 2 heterocycles. The molecular formula is C30H17BOS. The van der Waals surface area contributed by atoms with Crippen molar-refractivity contribution >= 4 is 66.8 Å². The van der Waals surface area contributed by atoms with Gasteiger partial charge in [-0.1, -0.05) is 78.3 Å². The molecular weight excluding hydrogens is 419 g/mol. The molecule has 0 spiro atoms. The van der Waals surface area contributed by atoms with Crippen molar-refractivity contribution in [2.45, 2.75) is 0 Å². The van der Waals surface area contributed by atoms with Gasteiger partial charge in [-0.3, -0.25) is 0 Å². The average Bonchev–Trinajstić information content (AvgIpc) is 3.42. The molecule has 7 aromatic rings. The highest BCUT2D eigenvalue weighted by Gasteiger charge is 2.14.